The Morgan fingerprint density at radius 2 is 2.32 bits per heavy atom. The smallest absolute Gasteiger partial charge is 0.226 e. The van der Waals surface area contributed by atoms with E-state index >= 15 is 0 Å². The molecule has 3 N–H and O–H groups in total. The standard InChI is InChI=1S/C14H21N3O2/c1-19-7-6-14(4-5-14)10-17-13(18)8-12-3-2-11(15)9-16-12/h2-3,9H,4-8,10,15H2,1H3,(H,17,18). The van der Waals surface area contributed by atoms with E-state index in [1.807, 2.05) is 0 Å². The number of nitrogens with one attached hydrogen (secondary N) is 1. The number of aromatic nitrogens is 1. The zero-order chi connectivity index (χ0) is 13.7. The second-order valence-corrected chi connectivity index (χ2v) is 5.28. The van der Waals surface area contributed by atoms with Crippen LogP contribution in [0.1, 0.15) is 25.0 Å². The molecule has 1 heterocycles. The van der Waals surface area contributed by atoms with Gasteiger partial charge in [-0.15, -0.1) is 0 Å². The first-order valence-corrected chi connectivity index (χ1v) is 6.60. The molecule has 1 aliphatic rings. The lowest BCUT2D eigenvalue weighted by molar-refractivity contribution is -0.120. The summed E-state index contributed by atoms with van der Waals surface area (Å²) in [6, 6.07) is 3.54. The van der Waals surface area contributed by atoms with Crippen LogP contribution in [-0.4, -0.2) is 31.2 Å². The number of pyridine rings is 1. The van der Waals surface area contributed by atoms with Crippen molar-refractivity contribution in [2.75, 3.05) is 26.0 Å². The molecule has 1 aromatic rings. The van der Waals surface area contributed by atoms with Crippen LogP contribution in [0.2, 0.25) is 0 Å². The van der Waals surface area contributed by atoms with Gasteiger partial charge in [-0.3, -0.25) is 9.78 Å². The lowest BCUT2D eigenvalue weighted by atomic mass is 10.0. The highest BCUT2D eigenvalue weighted by molar-refractivity contribution is 5.78. The molecule has 5 nitrogen and oxygen atoms in total. The van der Waals surface area contributed by atoms with Crippen LogP contribution in [0.4, 0.5) is 5.69 Å². The number of ether oxygens (including phenoxy) is 1. The molecule has 1 aliphatic carbocycles. The van der Waals surface area contributed by atoms with Crippen molar-refractivity contribution in [3.8, 4) is 0 Å². The fourth-order valence-electron chi connectivity index (χ4n) is 2.06. The summed E-state index contributed by atoms with van der Waals surface area (Å²) < 4.78 is 5.10. The minimum Gasteiger partial charge on any atom is -0.397 e. The Morgan fingerprint density at radius 1 is 1.53 bits per heavy atom. The quantitative estimate of drug-likeness (QED) is 0.773. The van der Waals surface area contributed by atoms with E-state index in [0.717, 1.165) is 25.3 Å². The van der Waals surface area contributed by atoms with E-state index in [-0.39, 0.29) is 11.3 Å². The van der Waals surface area contributed by atoms with Crippen LogP contribution in [0, 0.1) is 5.41 Å². The number of nitrogens with zero attached hydrogens (tertiary/aromatic N) is 1. The maximum absolute atomic E-state index is 11.8. The molecule has 19 heavy (non-hydrogen) atoms. The molecule has 0 spiro atoms. The van der Waals surface area contributed by atoms with Gasteiger partial charge in [-0.1, -0.05) is 0 Å². The minimum atomic E-state index is 0.0148. The summed E-state index contributed by atoms with van der Waals surface area (Å²) in [5.74, 6) is 0.0148. The van der Waals surface area contributed by atoms with Crippen molar-refractivity contribution in [3.05, 3.63) is 24.0 Å². The third-order valence-electron chi connectivity index (χ3n) is 3.64. The van der Waals surface area contributed by atoms with Crippen molar-refractivity contribution < 1.29 is 9.53 Å². The predicted octanol–water partition coefficient (Wildman–Crippen LogP) is 1.14. The molecular weight excluding hydrogens is 242 g/mol. The van der Waals surface area contributed by atoms with Crippen LogP contribution in [-0.2, 0) is 16.0 Å². The second-order valence-electron chi connectivity index (χ2n) is 5.28. The molecule has 1 fully saturated rings. The van der Waals surface area contributed by atoms with Crippen molar-refractivity contribution >= 4 is 11.6 Å². The summed E-state index contributed by atoms with van der Waals surface area (Å²) >= 11 is 0. The Bertz CT molecular complexity index is 427. The first-order valence-electron chi connectivity index (χ1n) is 6.60. The van der Waals surface area contributed by atoms with Crippen molar-refractivity contribution in [3.63, 3.8) is 0 Å². The molecule has 0 aliphatic heterocycles. The maximum atomic E-state index is 11.8. The van der Waals surface area contributed by atoms with Gasteiger partial charge in [0.05, 0.1) is 18.3 Å². The van der Waals surface area contributed by atoms with E-state index in [1.54, 1.807) is 25.4 Å². The average molecular weight is 263 g/mol. The fourth-order valence-corrected chi connectivity index (χ4v) is 2.06. The van der Waals surface area contributed by atoms with Crippen LogP contribution in [0.25, 0.3) is 0 Å². The zero-order valence-corrected chi connectivity index (χ0v) is 11.3. The molecular formula is C14H21N3O2. The molecule has 5 heteroatoms. The first-order chi connectivity index (χ1) is 9.13. The van der Waals surface area contributed by atoms with Gasteiger partial charge in [-0.25, -0.2) is 0 Å². The summed E-state index contributed by atoms with van der Waals surface area (Å²) in [7, 11) is 1.71. The number of carbonyl (C=O) groups is 1. The third kappa shape index (κ3) is 4.21. The van der Waals surface area contributed by atoms with Crippen LogP contribution in [0.15, 0.2) is 18.3 Å². The summed E-state index contributed by atoms with van der Waals surface area (Å²) in [6.07, 6.45) is 5.25. The number of anilines is 1. The number of nitrogens with two attached hydrogens (primary N) is 1. The van der Waals surface area contributed by atoms with Crippen molar-refractivity contribution in [1.82, 2.24) is 10.3 Å². The van der Waals surface area contributed by atoms with E-state index < -0.39 is 0 Å². The lowest BCUT2D eigenvalue weighted by Crippen LogP contribution is -2.32. The van der Waals surface area contributed by atoms with Crippen LogP contribution in [0.5, 0.6) is 0 Å². The van der Waals surface area contributed by atoms with E-state index in [9.17, 15) is 4.79 Å². The Morgan fingerprint density at radius 3 is 2.89 bits per heavy atom. The molecule has 2 rings (SSSR count). The normalized spacial score (nSPS) is 16.1. The van der Waals surface area contributed by atoms with Crippen LogP contribution < -0.4 is 11.1 Å². The van der Waals surface area contributed by atoms with Gasteiger partial charge in [0.1, 0.15) is 0 Å². The monoisotopic (exact) mass is 263 g/mol. The number of carbonyl (C=O) groups excluding carboxylic acids is 1. The molecule has 104 valence electrons. The molecule has 0 atom stereocenters. The van der Waals surface area contributed by atoms with Gasteiger partial charge in [0.2, 0.25) is 5.91 Å². The topological polar surface area (TPSA) is 77.2 Å². The van der Waals surface area contributed by atoms with Gasteiger partial charge in [0, 0.05) is 26.0 Å². The molecule has 0 unspecified atom stereocenters. The summed E-state index contributed by atoms with van der Waals surface area (Å²) in [4.78, 5) is 16.0. The number of nitrogen functional groups attached to an aromatic ring is 1. The highest BCUT2D eigenvalue weighted by Gasteiger charge is 2.41. The van der Waals surface area contributed by atoms with Crippen molar-refractivity contribution in [1.29, 1.82) is 0 Å². The van der Waals surface area contributed by atoms with Crippen LogP contribution >= 0.6 is 0 Å². The van der Waals surface area contributed by atoms with Gasteiger partial charge in [0.25, 0.3) is 0 Å². The zero-order valence-electron chi connectivity index (χ0n) is 11.3. The fraction of sp³-hybridized carbons (Fsp3) is 0.571. The summed E-state index contributed by atoms with van der Waals surface area (Å²) in [6.45, 7) is 1.50. The largest absolute Gasteiger partial charge is 0.397 e. The molecule has 1 amide bonds. The number of rotatable bonds is 7. The Balaban J connectivity index is 1.74. The van der Waals surface area contributed by atoms with E-state index in [0.29, 0.717) is 12.1 Å². The second kappa shape index (κ2) is 6.02. The van der Waals surface area contributed by atoms with E-state index in [4.69, 9.17) is 10.5 Å². The number of amides is 1. The highest BCUT2D eigenvalue weighted by atomic mass is 16.5. The van der Waals surface area contributed by atoms with E-state index in [2.05, 4.69) is 10.3 Å². The Hall–Kier alpha value is -1.62. The number of hydrogen-bond donors (Lipinski definition) is 2. The summed E-state index contributed by atoms with van der Waals surface area (Å²) in [5, 5.41) is 2.99. The number of methoxy groups -OCH3 is 1. The van der Waals surface area contributed by atoms with Gasteiger partial charge in [-0.2, -0.15) is 0 Å². The van der Waals surface area contributed by atoms with Crippen LogP contribution in [0.3, 0.4) is 0 Å². The average Bonchev–Trinajstić information content (AvgIpc) is 3.18. The molecule has 1 saturated carbocycles. The molecule has 0 radical (unpaired) electrons. The molecule has 0 bridgehead atoms. The highest BCUT2D eigenvalue weighted by Crippen LogP contribution is 2.48. The predicted molar refractivity (Wildman–Crippen MR) is 73.5 cm³/mol. The van der Waals surface area contributed by atoms with Gasteiger partial charge < -0.3 is 15.8 Å². The van der Waals surface area contributed by atoms with Gasteiger partial charge in [0.15, 0.2) is 0 Å². The van der Waals surface area contributed by atoms with Crippen molar-refractivity contribution in [2.45, 2.75) is 25.7 Å². The third-order valence-corrected chi connectivity index (χ3v) is 3.64. The molecule has 0 aromatic carbocycles. The SMILES string of the molecule is COCCC1(CNC(=O)Cc2ccc(N)cn2)CC1. The Labute approximate surface area is 113 Å². The number of hydrogen-bond acceptors (Lipinski definition) is 4. The maximum Gasteiger partial charge on any atom is 0.226 e. The molecule has 0 saturated heterocycles. The van der Waals surface area contributed by atoms with E-state index in [1.165, 1.54) is 12.8 Å². The van der Waals surface area contributed by atoms with Crippen molar-refractivity contribution in [2.24, 2.45) is 5.41 Å². The minimum absolute atomic E-state index is 0.0148. The lowest BCUT2D eigenvalue weighted by Gasteiger charge is -2.15. The van der Waals surface area contributed by atoms with Gasteiger partial charge in [-0.05, 0) is 36.8 Å². The summed E-state index contributed by atoms with van der Waals surface area (Å²) in [5.41, 5.74) is 7.19. The molecule has 1 aromatic heterocycles. The Kier molecular flexibility index (Phi) is 4.37. The first kappa shape index (κ1) is 13.8. The van der Waals surface area contributed by atoms with Gasteiger partial charge >= 0.3 is 0 Å².